The number of ether oxygens (including phenoxy) is 1. The second kappa shape index (κ2) is 3.93. The molecular weight excluding hydrogens is 172 g/mol. The Morgan fingerprint density at radius 3 is 2.77 bits per heavy atom. The molecule has 0 aliphatic rings. The number of amides is 1. The molecule has 1 N–H and O–H groups in total. The number of carbonyl (C=O) groups excluding carboxylic acids is 1. The van der Waals surface area contributed by atoms with Crippen LogP contribution in [0.3, 0.4) is 0 Å². The van der Waals surface area contributed by atoms with Crippen LogP contribution in [0, 0.1) is 13.8 Å². The van der Waals surface area contributed by atoms with Gasteiger partial charge in [-0.1, -0.05) is 0 Å². The Kier molecular flexibility index (Phi) is 2.89. The van der Waals surface area contributed by atoms with Gasteiger partial charge in [0.2, 0.25) is 0 Å². The zero-order valence-corrected chi connectivity index (χ0v) is 7.88. The fourth-order valence-corrected chi connectivity index (χ4v) is 0.962. The lowest BCUT2D eigenvalue weighted by Crippen LogP contribution is -2.22. The highest BCUT2D eigenvalue weighted by Crippen LogP contribution is 2.08. The highest BCUT2D eigenvalue weighted by atomic mass is 16.5. The Balaban J connectivity index is 2.54. The molecule has 13 heavy (non-hydrogen) atoms. The van der Waals surface area contributed by atoms with Gasteiger partial charge in [0.15, 0.2) is 5.89 Å². The number of carbonyl (C=O) groups is 1. The van der Waals surface area contributed by atoms with Gasteiger partial charge in [-0.2, -0.15) is 0 Å². The van der Waals surface area contributed by atoms with E-state index in [9.17, 15) is 4.79 Å². The lowest BCUT2D eigenvalue weighted by Gasteiger charge is -2.00. The van der Waals surface area contributed by atoms with Gasteiger partial charge in [0.05, 0.1) is 19.3 Å². The van der Waals surface area contributed by atoms with Crippen LogP contribution in [-0.2, 0) is 11.3 Å². The third kappa shape index (κ3) is 2.47. The van der Waals surface area contributed by atoms with E-state index in [0.29, 0.717) is 18.2 Å². The number of hydrogen-bond acceptors (Lipinski definition) is 4. The average molecular weight is 184 g/mol. The molecule has 0 atom stereocenters. The first-order valence-electron chi connectivity index (χ1n) is 3.88. The fourth-order valence-electron chi connectivity index (χ4n) is 0.962. The first kappa shape index (κ1) is 9.57. The van der Waals surface area contributed by atoms with E-state index >= 15 is 0 Å². The van der Waals surface area contributed by atoms with Crippen LogP contribution in [0.2, 0.25) is 0 Å². The number of hydrogen-bond donors (Lipinski definition) is 1. The second-order valence-corrected chi connectivity index (χ2v) is 2.59. The summed E-state index contributed by atoms with van der Waals surface area (Å²) in [5, 5.41) is 2.51. The summed E-state index contributed by atoms with van der Waals surface area (Å²) in [5.41, 5.74) is 0.786. The molecule has 1 rings (SSSR count). The molecule has 0 fully saturated rings. The normalized spacial score (nSPS) is 9.77. The minimum absolute atomic E-state index is 0.305. The summed E-state index contributed by atoms with van der Waals surface area (Å²) in [7, 11) is 1.31. The molecule has 1 amide bonds. The molecule has 5 heteroatoms. The number of oxazole rings is 1. The number of aryl methyl sites for hydroxylation is 2. The summed E-state index contributed by atoms with van der Waals surface area (Å²) in [6.45, 7) is 3.89. The van der Waals surface area contributed by atoms with Crippen LogP contribution in [-0.4, -0.2) is 18.2 Å². The smallest absolute Gasteiger partial charge is 0.407 e. The molecule has 0 radical (unpaired) electrons. The first-order valence-corrected chi connectivity index (χ1v) is 3.88. The number of nitrogens with zero attached hydrogens (tertiary/aromatic N) is 1. The van der Waals surface area contributed by atoms with Crippen molar-refractivity contribution in [1.82, 2.24) is 10.3 Å². The predicted octanol–water partition coefficient (Wildman–Crippen LogP) is 1.15. The van der Waals surface area contributed by atoms with Crippen molar-refractivity contribution in [3.8, 4) is 0 Å². The van der Waals surface area contributed by atoms with Gasteiger partial charge in [-0.05, 0) is 6.92 Å². The van der Waals surface area contributed by atoms with Crippen molar-refractivity contribution in [2.24, 2.45) is 0 Å². The molecule has 1 heterocycles. The van der Waals surface area contributed by atoms with Crippen molar-refractivity contribution in [2.45, 2.75) is 20.4 Å². The third-order valence-corrected chi connectivity index (χ3v) is 1.58. The average Bonchev–Trinajstić information content (AvgIpc) is 2.41. The minimum Gasteiger partial charge on any atom is -0.453 e. The summed E-state index contributed by atoms with van der Waals surface area (Å²) in [4.78, 5) is 14.8. The third-order valence-electron chi connectivity index (χ3n) is 1.58. The molecule has 1 aromatic heterocycles. The molecule has 0 spiro atoms. The van der Waals surface area contributed by atoms with Crippen molar-refractivity contribution < 1.29 is 13.9 Å². The van der Waals surface area contributed by atoms with Crippen molar-refractivity contribution in [2.75, 3.05) is 7.11 Å². The number of methoxy groups -OCH3 is 1. The van der Waals surface area contributed by atoms with Gasteiger partial charge in [0, 0.05) is 6.92 Å². The van der Waals surface area contributed by atoms with Crippen molar-refractivity contribution in [3.63, 3.8) is 0 Å². The maximum atomic E-state index is 10.7. The molecule has 1 aromatic rings. The van der Waals surface area contributed by atoms with E-state index in [2.05, 4.69) is 15.0 Å². The molecule has 0 unspecified atom stereocenters. The van der Waals surface area contributed by atoms with Crippen LogP contribution in [0.1, 0.15) is 17.3 Å². The van der Waals surface area contributed by atoms with Crippen LogP contribution in [0.25, 0.3) is 0 Å². The van der Waals surface area contributed by atoms with Gasteiger partial charge >= 0.3 is 6.09 Å². The molecule has 0 aliphatic heterocycles. The molecule has 0 aromatic carbocycles. The second-order valence-electron chi connectivity index (χ2n) is 2.59. The van der Waals surface area contributed by atoms with Crippen molar-refractivity contribution in [1.29, 1.82) is 0 Å². The van der Waals surface area contributed by atoms with Crippen LogP contribution >= 0.6 is 0 Å². The predicted molar refractivity (Wildman–Crippen MR) is 45.2 cm³/mol. The molecule has 5 nitrogen and oxygen atoms in total. The summed E-state index contributed by atoms with van der Waals surface area (Å²) < 4.78 is 9.63. The number of aromatic nitrogens is 1. The SMILES string of the molecule is COC(=O)NCc1oc(C)nc1C. The van der Waals surface area contributed by atoms with Crippen molar-refractivity contribution >= 4 is 6.09 Å². The quantitative estimate of drug-likeness (QED) is 0.748. The molecule has 0 aliphatic carbocycles. The monoisotopic (exact) mass is 184 g/mol. The Labute approximate surface area is 76.1 Å². The van der Waals surface area contributed by atoms with Crippen molar-refractivity contribution in [3.05, 3.63) is 17.3 Å². The molecule has 0 bridgehead atoms. The zero-order valence-electron chi connectivity index (χ0n) is 7.88. The minimum atomic E-state index is -0.478. The van der Waals surface area contributed by atoms with E-state index in [0.717, 1.165) is 5.69 Å². The largest absolute Gasteiger partial charge is 0.453 e. The summed E-state index contributed by atoms with van der Waals surface area (Å²) in [6.07, 6.45) is -0.478. The Hall–Kier alpha value is -1.52. The maximum absolute atomic E-state index is 10.7. The van der Waals surface area contributed by atoms with Gasteiger partial charge in [-0.15, -0.1) is 0 Å². The molecule has 72 valence electrons. The van der Waals surface area contributed by atoms with E-state index in [-0.39, 0.29) is 0 Å². The fraction of sp³-hybridized carbons (Fsp3) is 0.500. The Morgan fingerprint density at radius 2 is 2.31 bits per heavy atom. The highest BCUT2D eigenvalue weighted by Gasteiger charge is 2.07. The van der Waals surface area contributed by atoms with Crippen LogP contribution in [0.15, 0.2) is 4.42 Å². The van der Waals surface area contributed by atoms with Gasteiger partial charge in [-0.25, -0.2) is 9.78 Å². The summed E-state index contributed by atoms with van der Waals surface area (Å²) in [5.74, 6) is 1.25. The van der Waals surface area contributed by atoms with Crippen LogP contribution < -0.4 is 5.32 Å². The Morgan fingerprint density at radius 1 is 1.62 bits per heavy atom. The lowest BCUT2D eigenvalue weighted by atomic mass is 10.4. The zero-order chi connectivity index (χ0) is 9.84. The van der Waals surface area contributed by atoms with E-state index in [1.165, 1.54) is 7.11 Å². The first-order chi connectivity index (χ1) is 6.13. The molecule has 0 saturated carbocycles. The summed E-state index contributed by atoms with van der Waals surface area (Å²) in [6, 6.07) is 0. The number of nitrogens with one attached hydrogen (secondary N) is 1. The van der Waals surface area contributed by atoms with Gasteiger partial charge < -0.3 is 14.5 Å². The van der Waals surface area contributed by atoms with E-state index in [4.69, 9.17) is 4.42 Å². The van der Waals surface area contributed by atoms with Gasteiger partial charge in [0.25, 0.3) is 0 Å². The maximum Gasteiger partial charge on any atom is 0.407 e. The number of alkyl carbamates (subject to hydrolysis) is 1. The van der Waals surface area contributed by atoms with Gasteiger partial charge in [0.1, 0.15) is 5.76 Å². The van der Waals surface area contributed by atoms with E-state index in [1.807, 2.05) is 6.92 Å². The summed E-state index contributed by atoms with van der Waals surface area (Å²) >= 11 is 0. The Bertz CT molecular complexity index is 306. The standard InChI is InChI=1S/C8H12N2O3/c1-5-7(13-6(2)10-5)4-9-8(11)12-3/h4H2,1-3H3,(H,9,11). The molecule has 0 saturated heterocycles. The number of rotatable bonds is 2. The molecular formula is C8H12N2O3. The van der Waals surface area contributed by atoms with Gasteiger partial charge in [-0.3, -0.25) is 0 Å². The van der Waals surface area contributed by atoms with Crippen LogP contribution in [0.4, 0.5) is 4.79 Å². The highest BCUT2D eigenvalue weighted by molar-refractivity contribution is 5.66. The van der Waals surface area contributed by atoms with Crippen LogP contribution in [0.5, 0.6) is 0 Å². The lowest BCUT2D eigenvalue weighted by molar-refractivity contribution is 0.169. The van der Waals surface area contributed by atoms with E-state index in [1.54, 1.807) is 6.92 Å². The van der Waals surface area contributed by atoms with E-state index < -0.39 is 6.09 Å². The topological polar surface area (TPSA) is 64.4 Å².